The van der Waals surface area contributed by atoms with Gasteiger partial charge >= 0.3 is 6.09 Å². The van der Waals surface area contributed by atoms with Crippen molar-refractivity contribution < 1.29 is 14.4 Å². The summed E-state index contributed by atoms with van der Waals surface area (Å²) in [6.07, 6.45) is -0.632. The third-order valence-electron chi connectivity index (χ3n) is 4.11. The molecule has 3 N–H and O–H groups in total. The lowest BCUT2D eigenvalue weighted by atomic mass is 10.1. The molecule has 0 aliphatic heterocycles. The average molecular weight is 390 g/mol. The fraction of sp³-hybridized carbons (Fsp3) is 0.0909. The van der Waals surface area contributed by atoms with Crippen molar-refractivity contribution in [1.29, 1.82) is 0 Å². The lowest BCUT2D eigenvalue weighted by molar-refractivity contribution is 0.215. The molecule has 7 nitrogen and oxygen atoms in total. The van der Waals surface area contributed by atoms with Gasteiger partial charge in [-0.1, -0.05) is 43.0 Å². The number of allylic oxidation sites excluding steroid dienone is 3. The van der Waals surface area contributed by atoms with Crippen molar-refractivity contribution >= 4 is 17.5 Å². The molecule has 0 radical (unpaired) electrons. The first-order valence-electron chi connectivity index (χ1n) is 8.93. The molecular weight excluding hydrogens is 368 g/mol. The van der Waals surface area contributed by atoms with E-state index in [2.05, 4.69) is 17.0 Å². The van der Waals surface area contributed by atoms with E-state index in [1.54, 1.807) is 41.9 Å². The van der Waals surface area contributed by atoms with E-state index in [9.17, 15) is 4.79 Å². The Morgan fingerprint density at radius 3 is 2.28 bits per heavy atom. The summed E-state index contributed by atoms with van der Waals surface area (Å²) >= 11 is 0. The van der Waals surface area contributed by atoms with Crippen LogP contribution in [0.4, 0.5) is 10.6 Å². The smallest absolute Gasteiger partial charge is 0.416 e. The number of carbonyl (C=O) groups excluding carboxylic acids is 1. The number of nitrogens with zero attached hydrogens (tertiary/aromatic N) is 2. The maximum Gasteiger partial charge on any atom is 0.418 e. The second-order valence-electron chi connectivity index (χ2n) is 6.32. The third-order valence-corrected chi connectivity index (χ3v) is 4.11. The summed E-state index contributed by atoms with van der Waals surface area (Å²) in [7, 11) is 0. The zero-order valence-corrected chi connectivity index (χ0v) is 16.3. The Balaban J connectivity index is 1.99. The molecule has 3 rings (SSSR count). The number of benzene rings is 2. The standard InChI is InChI=1S/C22H22N4O3/c1-15(2)21(16(3)29-23)19-14-20(26(25-19)17-10-6-4-7-11-17)24-22(27)28-18-12-8-5-9-13-18/h4-14H,1,23H2,2-3H3,(H,24,27)/b21-16+. The molecule has 1 heterocycles. The Hall–Kier alpha value is -3.84. The Labute approximate surface area is 169 Å². The highest BCUT2D eigenvalue weighted by Crippen LogP contribution is 2.28. The maximum atomic E-state index is 12.4. The number of nitrogens with two attached hydrogens (primary N) is 1. The first-order valence-corrected chi connectivity index (χ1v) is 8.93. The van der Waals surface area contributed by atoms with Gasteiger partial charge < -0.3 is 9.57 Å². The molecule has 7 heteroatoms. The van der Waals surface area contributed by atoms with E-state index in [4.69, 9.17) is 15.5 Å². The highest BCUT2D eigenvalue weighted by Gasteiger charge is 2.18. The molecule has 0 aliphatic rings. The highest BCUT2D eigenvalue weighted by molar-refractivity contribution is 5.87. The number of aromatic nitrogens is 2. The van der Waals surface area contributed by atoms with Crippen LogP contribution in [-0.4, -0.2) is 15.9 Å². The van der Waals surface area contributed by atoms with Crippen molar-refractivity contribution in [2.75, 3.05) is 5.32 Å². The van der Waals surface area contributed by atoms with Crippen LogP contribution in [0, 0.1) is 0 Å². The van der Waals surface area contributed by atoms with E-state index < -0.39 is 6.09 Å². The van der Waals surface area contributed by atoms with Crippen molar-refractivity contribution in [2.45, 2.75) is 13.8 Å². The van der Waals surface area contributed by atoms with Crippen LogP contribution in [0.1, 0.15) is 19.5 Å². The minimum atomic E-state index is -0.632. The number of para-hydroxylation sites is 2. The quantitative estimate of drug-likeness (QED) is 0.362. The molecule has 0 bridgehead atoms. The molecule has 0 aliphatic carbocycles. The number of hydrogen-bond acceptors (Lipinski definition) is 5. The predicted molar refractivity (Wildman–Crippen MR) is 112 cm³/mol. The zero-order valence-electron chi connectivity index (χ0n) is 16.3. The predicted octanol–water partition coefficient (Wildman–Crippen LogP) is 4.68. The monoisotopic (exact) mass is 390 g/mol. The minimum absolute atomic E-state index is 0.427. The molecule has 3 aromatic rings. The van der Waals surface area contributed by atoms with E-state index in [1.807, 2.05) is 43.3 Å². The van der Waals surface area contributed by atoms with Gasteiger partial charge in [-0.15, -0.1) is 0 Å². The molecule has 0 unspecified atom stereocenters. The largest absolute Gasteiger partial charge is 0.418 e. The summed E-state index contributed by atoms with van der Waals surface area (Å²) in [5.74, 6) is 6.68. The number of nitrogens with one attached hydrogen (secondary N) is 1. The summed E-state index contributed by atoms with van der Waals surface area (Å²) in [5, 5.41) is 7.37. The Kier molecular flexibility index (Phi) is 6.11. The van der Waals surface area contributed by atoms with Crippen LogP contribution in [0.5, 0.6) is 5.75 Å². The summed E-state index contributed by atoms with van der Waals surface area (Å²) in [5.41, 5.74) is 2.70. The summed E-state index contributed by atoms with van der Waals surface area (Å²) in [6, 6.07) is 19.9. The van der Waals surface area contributed by atoms with Crippen molar-refractivity contribution in [3.05, 3.63) is 90.3 Å². The van der Waals surface area contributed by atoms with Gasteiger partial charge in [-0.2, -0.15) is 11.0 Å². The number of amides is 1. The molecule has 1 aromatic heterocycles. The Morgan fingerprint density at radius 2 is 1.69 bits per heavy atom. The Morgan fingerprint density at radius 1 is 1.07 bits per heavy atom. The van der Waals surface area contributed by atoms with Crippen LogP contribution in [0.15, 0.2) is 84.6 Å². The normalized spacial score (nSPS) is 11.4. The number of carbonyl (C=O) groups is 1. The molecule has 0 saturated heterocycles. The lowest BCUT2D eigenvalue weighted by Crippen LogP contribution is -2.19. The first-order chi connectivity index (χ1) is 14.0. The third kappa shape index (κ3) is 4.72. The van der Waals surface area contributed by atoms with Crippen molar-refractivity contribution in [2.24, 2.45) is 5.90 Å². The van der Waals surface area contributed by atoms with Crippen molar-refractivity contribution in [3.8, 4) is 11.4 Å². The summed E-state index contributed by atoms with van der Waals surface area (Å²) in [4.78, 5) is 17.3. The van der Waals surface area contributed by atoms with Gasteiger partial charge in [0.25, 0.3) is 0 Å². The minimum Gasteiger partial charge on any atom is -0.416 e. The molecule has 0 spiro atoms. The number of ether oxygens (including phenoxy) is 1. The van der Waals surface area contributed by atoms with Crippen molar-refractivity contribution in [1.82, 2.24) is 9.78 Å². The molecule has 0 fully saturated rings. The SMILES string of the molecule is C=C(C)/C(=C(/C)ON)c1cc(NC(=O)Oc2ccccc2)n(-c2ccccc2)n1. The van der Waals surface area contributed by atoms with Gasteiger partial charge in [0, 0.05) is 11.6 Å². The van der Waals surface area contributed by atoms with Gasteiger partial charge in [0.2, 0.25) is 0 Å². The van der Waals surface area contributed by atoms with Crippen LogP contribution >= 0.6 is 0 Å². The second-order valence-corrected chi connectivity index (χ2v) is 6.32. The Bertz CT molecular complexity index is 1040. The first kappa shape index (κ1) is 19.9. The van der Waals surface area contributed by atoms with Gasteiger partial charge in [0.1, 0.15) is 17.3 Å². The summed E-state index contributed by atoms with van der Waals surface area (Å²) in [6.45, 7) is 7.53. The molecule has 0 atom stereocenters. The van der Waals surface area contributed by atoms with Gasteiger partial charge in [0.05, 0.1) is 11.4 Å². The molecule has 148 valence electrons. The molecular formula is C22H22N4O3. The lowest BCUT2D eigenvalue weighted by Gasteiger charge is -2.09. The molecule has 29 heavy (non-hydrogen) atoms. The second kappa shape index (κ2) is 8.90. The average Bonchev–Trinajstić information content (AvgIpc) is 3.11. The van der Waals surface area contributed by atoms with E-state index in [0.29, 0.717) is 28.6 Å². The van der Waals surface area contributed by atoms with Crippen LogP contribution in [0.3, 0.4) is 0 Å². The van der Waals surface area contributed by atoms with E-state index in [1.165, 1.54) is 0 Å². The highest BCUT2D eigenvalue weighted by atomic mass is 16.6. The van der Waals surface area contributed by atoms with Crippen molar-refractivity contribution in [3.63, 3.8) is 0 Å². The maximum absolute atomic E-state index is 12.4. The molecule has 1 amide bonds. The number of rotatable bonds is 6. The van der Waals surface area contributed by atoms with Gasteiger partial charge in [-0.3, -0.25) is 5.32 Å². The van der Waals surface area contributed by atoms with Gasteiger partial charge in [0.15, 0.2) is 0 Å². The van der Waals surface area contributed by atoms with Gasteiger partial charge in [-0.25, -0.2) is 9.48 Å². The molecule has 2 aromatic carbocycles. The van der Waals surface area contributed by atoms with E-state index in [-0.39, 0.29) is 0 Å². The van der Waals surface area contributed by atoms with E-state index >= 15 is 0 Å². The number of anilines is 1. The van der Waals surface area contributed by atoms with Crippen LogP contribution < -0.4 is 16.0 Å². The van der Waals surface area contributed by atoms with Crippen LogP contribution in [0.25, 0.3) is 11.3 Å². The summed E-state index contributed by atoms with van der Waals surface area (Å²) < 4.78 is 6.94. The topological polar surface area (TPSA) is 91.4 Å². The van der Waals surface area contributed by atoms with Crippen LogP contribution in [0.2, 0.25) is 0 Å². The fourth-order valence-electron chi connectivity index (χ4n) is 2.84. The zero-order chi connectivity index (χ0) is 20.8. The van der Waals surface area contributed by atoms with E-state index in [0.717, 1.165) is 11.3 Å². The number of hydrogen-bond donors (Lipinski definition) is 2. The van der Waals surface area contributed by atoms with Crippen LogP contribution in [-0.2, 0) is 4.84 Å². The van der Waals surface area contributed by atoms with Gasteiger partial charge in [-0.05, 0) is 43.7 Å². The molecule has 0 saturated carbocycles. The fourth-order valence-corrected chi connectivity index (χ4v) is 2.84.